The Morgan fingerprint density at radius 3 is 2.30 bits per heavy atom. The number of ether oxygens (including phenoxy) is 1. The van der Waals surface area contributed by atoms with Gasteiger partial charge in [0.05, 0.1) is 13.2 Å². The molecule has 0 saturated heterocycles. The number of aliphatic hydroxyl groups is 1. The highest BCUT2D eigenvalue weighted by Gasteiger charge is 2.30. The molecule has 0 spiro atoms. The van der Waals surface area contributed by atoms with Gasteiger partial charge in [-0.2, -0.15) is 13.2 Å². The van der Waals surface area contributed by atoms with Crippen molar-refractivity contribution >= 4 is 0 Å². The lowest BCUT2D eigenvalue weighted by Crippen LogP contribution is -2.38. The smallest absolute Gasteiger partial charge is 0.401 e. The van der Waals surface area contributed by atoms with Crippen LogP contribution in [-0.4, -0.2) is 49.0 Å². The first-order valence-electron chi connectivity index (χ1n) is 6.26. The van der Waals surface area contributed by atoms with Crippen molar-refractivity contribution in [3.63, 3.8) is 0 Å². The van der Waals surface area contributed by atoms with Crippen LogP contribution < -0.4 is 10.5 Å². The molecule has 0 aliphatic rings. The van der Waals surface area contributed by atoms with Crippen LogP contribution in [0, 0.1) is 0 Å². The van der Waals surface area contributed by atoms with Gasteiger partial charge in [-0.3, -0.25) is 4.90 Å². The molecular weight excluding hydrogens is 273 g/mol. The summed E-state index contributed by atoms with van der Waals surface area (Å²) in [5, 5.41) is 8.75. The van der Waals surface area contributed by atoms with E-state index in [4.69, 9.17) is 15.6 Å². The van der Waals surface area contributed by atoms with E-state index in [1.807, 2.05) is 0 Å². The first kappa shape index (κ1) is 16.7. The largest absolute Gasteiger partial charge is 0.492 e. The predicted molar refractivity (Wildman–Crippen MR) is 69.4 cm³/mol. The molecule has 0 unspecified atom stereocenters. The van der Waals surface area contributed by atoms with Gasteiger partial charge >= 0.3 is 6.18 Å². The van der Waals surface area contributed by atoms with Gasteiger partial charge < -0.3 is 15.6 Å². The summed E-state index contributed by atoms with van der Waals surface area (Å²) in [5.74, 6) is 0.582. The fourth-order valence-corrected chi connectivity index (χ4v) is 1.68. The summed E-state index contributed by atoms with van der Waals surface area (Å²) in [4.78, 5) is 1.11. The van der Waals surface area contributed by atoms with Crippen molar-refractivity contribution in [2.45, 2.75) is 12.7 Å². The monoisotopic (exact) mass is 292 g/mol. The summed E-state index contributed by atoms with van der Waals surface area (Å²) in [7, 11) is 0. The third kappa shape index (κ3) is 6.74. The number of rotatable bonds is 8. The number of hydrogen-bond donors (Lipinski definition) is 2. The molecule has 0 heterocycles. The first-order valence-corrected chi connectivity index (χ1v) is 6.26. The summed E-state index contributed by atoms with van der Waals surface area (Å²) >= 11 is 0. The Morgan fingerprint density at radius 1 is 1.15 bits per heavy atom. The molecule has 0 aliphatic carbocycles. The summed E-state index contributed by atoms with van der Waals surface area (Å²) in [6.07, 6.45) is -4.28. The minimum absolute atomic E-state index is 0.0328. The predicted octanol–water partition coefficient (Wildman–Crippen LogP) is 1.38. The highest BCUT2D eigenvalue weighted by atomic mass is 19.4. The van der Waals surface area contributed by atoms with Crippen LogP contribution in [0.4, 0.5) is 13.2 Å². The molecule has 3 N–H and O–H groups in total. The van der Waals surface area contributed by atoms with Crippen LogP contribution in [0.25, 0.3) is 0 Å². The SMILES string of the molecule is NCc1ccc(OCCN(CCO)CC(F)(F)F)cc1. The van der Waals surface area contributed by atoms with Crippen molar-refractivity contribution in [2.24, 2.45) is 5.73 Å². The third-order valence-electron chi connectivity index (χ3n) is 2.65. The Labute approximate surface area is 115 Å². The van der Waals surface area contributed by atoms with Gasteiger partial charge in [0.2, 0.25) is 0 Å². The van der Waals surface area contributed by atoms with Crippen LogP contribution in [0.5, 0.6) is 5.75 Å². The lowest BCUT2D eigenvalue weighted by molar-refractivity contribution is -0.147. The van der Waals surface area contributed by atoms with Crippen molar-refractivity contribution < 1.29 is 23.0 Å². The van der Waals surface area contributed by atoms with Gasteiger partial charge in [-0.15, -0.1) is 0 Å². The average molecular weight is 292 g/mol. The summed E-state index contributed by atoms with van der Waals surface area (Å²) in [5.41, 5.74) is 6.41. The molecule has 0 fully saturated rings. The van der Waals surface area contributed by atoms with E-state index >= 15 is 0 Å². The quantitative estimate of drug-likeness (QED) is 0.760. The van der Waals surface area contributed by atoms with Crippen molar-refractivity contribution in [1.29, 1.82) is 0 Å². The number of nitrogens with two attached hydrogens (primary N) is 1. The van der Waals surface area contributed by atoms with E-state index in [1.165, 1.54) is 0 Å². The van der Waals surface area contributed by atoms with E-state index in [0.29, 0.717) is 12.3 Å². The second-order valence-electron chi connectivity index (χ2n) is 4.31. The molecule has 0 aromatic heterocycles. The standard InChI is InChI=1S/C13H19F3N2O2/c14-13(15,16)10-18(5-7-19)6-8-20-12-3-1-11(9-17)2-4-12/h1-4,19H,5-10,17H2. The van der Waals surface area contributed by atoms with Crippen LogP contribution in [0.2, 0.25) is 0 Å². The summed E-state index contributed by atoms with van der Waals surface area (Å²) in [6, 6.07) is 7.05. The fourth-order valence-electron chi connectivity index (χ4n) is 1.68. The Morgan fingerprint density at radius 2 is 1.80 bits per heavy atom. The van der Waals surface area contributed by atoms with E-state index in [-0.39, 0.29) is 26.3 Å². The molecule has 0 amide bonds. The van der Waals surface area contributed by atoms with Gasteiger partial charge in [0.25, 0.3) is 0 Å². The number of aliphatic hydroxyl groups excluding tert-OH is 1. The zero-order valence-corrected chi connectivity index (χ0v) is 11.1. The molecular formula is C13H19F3N2O2. The Hall–Kier alpha value is -1.31. The number of alkyl halides is 3. The van der Waals surface area contributed by atoms with E-state index in [0.717, 1.165) is 10.5 Å². The normalized spacial score (nSPS) is 11.9. The van der Waals surface area contributed by atoms with E-state index in [9.17, 15) is 13.2 Å². The molecule has 20 heavy (non-hydrogen) atoms. The molecule has 0 bridgehead atoms. The number of halogens is 3. The van der Waals surface area contributed by atoms with E-state index in [1.54, 1.807) is 24.3 Å². The molecule has 1 rings (SSSR count). The topological polar surface area (TPSA) is 58.7 Å². The van der Waals surface area contributed by atoms with Crippen LogP contribution in [0.3, 0.4) is 0 Å². The van der Waals surface area contributed by atoms with E-state index in [2.05, 4.69) is 0 Å². The van der Waals surface area contributed by atoms with Gasteiger partial charge in [0.1, 0.15) is 12.4 Å². The molecule has 7 heteroatoms. The van der Waals surface area contributed by atoms with Crippen molar-refractivity contribution in [3.05, 3.63) is 29.8 Å². The minimum atomic E-state index is -4.28. The van der Waals surface area contributed by atoms with Crippen molar-refractivity contribution in [2.75, 3.05) is 32.8 Å². The summed E-state index contributed by atoms with van der Waals surface area (Å²) in [6.45, 7) is -0.758. The van der Waals surface area contributed by atoms with Gasteiger partial charge in [-0.05, 0) is 17.7 Å². The number of benzene rings is 1. The molecule has 0 radical (unpaired) electrons. The molecule has 1 aromatic rings. The van der Waals surface area contributed by atoms with Gasteiger partial charge in [0.15, 0.2) is 0 Å². The highest BCUT2D eigenvalue weighted by Crippen LogP contribution is 2.16. The molecule has 114 valence electrons. The van der Waals surface area contributed by atoms with Crippen molar-refractivity contribution in [3.8, 4) is 5.75 Å². The molecule has 0 aliphatic heterocycles. The number of nitrogens with zero attached hydrogens (tertiary/aromatic N) is 1. The Kier molecular flexibility index (Phi) is 6.77. The minimum Gasteiger partial charge on any atom is -0.492 e. The molecule has 4 nitrogen and oxygen atoms in total. The highest BCUT2D eigenvalue weighted by molar-refractivity contribution is 5.27. The van der Waals surface area contributed by atoms with Crippen LogP contribution in [0.15, 0.2) is 24.3 Å². The van der Waals surface area contributed by atoms with Gasteiger partial charge in [-0.25, -0.2) is 0 Å². The maximum atomic E-state index is 12.3. The zero-order valence-electron chi connectivity index (χ0n) is 11.1. The van der Waals surface area contributed by atoms with E-state index < -0.39 is 12.7 Å². The lowest BCUT2D eigenvalue weighted by atomic mass is 10.2. The molecule has 1 aromatic carbocycles. The van der Waals surface area contributed by atoms with Crippen molar-refractivity contribution in [1.82, 2.24) is 4.90 Å². The second kappa shape index (κ2) is 8.08. The molecule has 0 saturated carbocycles. The Bertz CT molecular complexity index is 382. The maximum Gasteiger partial charge on any atom is 0.401 e. The lowest BCUT2D eigenvalue weighted by Gasteiger charge is -2.22. The first-order chi connectivity index (χ1) is 9.44. The average Bonchev–Trinajstić information content (AvgIpc) is 2.38. The maximum absolute atomic E-state index is 12.3. The Balaban J connectivity index is 2.39. The second-order valence-corrected chi connectivity index (χ2v) is 4.31. The number of hydrogen-bond acceptors (Lipinski definition) is 4. The van der Waals surface area contributed by atoms with Gasteiger partial charge in [0, 0.05) is 19.6 Å². The zero-order chi connectivity index (χ0) is 15.0. The fraction of sp³-hybridized carbons (Fsp3) is 0.538. The van der Waals surface area contributed by atoms with Crippen LogP contribution >= 0.6 is 0 Å². The van der Waals surface area contributed by atoms with Gasteiger partial charge in [-0.1, -0.05) is 12.1 Å². The summed E-state index contributed by atoms with van der Waals surface area (Å²) < 4.78 is 42.2. The van der Waals surface area contributed by atoms with Crippen LogP contribution in [0.1, 0.15) is 5.56 Å². The third-order valence-corrected chi connectivity index (χ3v) is 2.65. The molecule has 0 atom stereocenters. The van der Waals surface area contributed by atoms with Crippen LogP contribution in [-0.2, 0) is 6.54 Å².